The highest BCUT2D eigenvalue weighted by molar-refractivity contribution is 5.96. The Balaban J connectivity index is 1.93. The van der Waals surface area contributed by atoms with Crippen LogP contribution in [0.3, 0.4) is 0 Å². The van der Waals surface area contributed by atoms with Crippen molar-refractivity contribution in [3.63, 3.8) is 0 Å². The fourth-order valence-corrected chi connectivity index (χ4v) is 2.88. The van der Waals surface area contributed by atoms with Gasteiger partial charge in [-0.05, 0) is 45.0 Å². The molecule has 0 radical (unpaired) electrons. The van der Waals surface area contributed by atoms with E-state index in [1.54, 1.807) is 24.9 Å². The summed E-state index contributed by atoms with van der Waals surface area (Å²) in [5.41, 5.74) is 3.42. The number of nitrogens with zero attached hydrogens (tertiary/aromatic N) is 2. The number of nitro benzene ring substituents is 1. The number of rotatable bonds is 7. The van der Waals surface area contributed by atoms with E-state index in [2.05, 4.69) is 10.6 Å². The molecule has 8 heteroatoms. The van der Waals surface area contributed by atoms with Gasteiger partial charge in [-0.3, -0.25) is 24.6 Å². The zero-order chi connectivity index (χ0) is 20.8. The van der Waals surface area contributed by atoms with Crippen molar-refractivity contribution < 1.29 is 14.5 Å². The van der Waals surface area contributed by atoms with Gasteiger partial charge >= 0.3 is 0 Å². The number of nitrogens with one attached hydrogen (secondary N) is 2. The summed E-state index contributed by atoms with van der Waals surface area (Å²) in [6, 6.07) is 10.3. The second-order valence-corrected chi connectivity index (χ2v) is 6.74. The minimum atomic E-state index is -0.491. The van der Waals surface area contributed by atoms with Crippen molar-refractivity contribution in [2.45, 2.75) is 20.8 Å². The van der Waals surface area contributed by atoms with E-state index in [4.69, 9.17) is 0 Å². The number of amides is 2. The molecule has 28 heavy (non-hydrogen) atoms. The van der Waals surface area contributed by atoms with Crippen LogP contribution in [0, 0.1) is 30.9 Å². The summed E-state index contributed by atoms with van der Waals surface area (Å²) >= 11 is 0. The van der Waals surface area contributed by atoms with Crippen LogP contribution in [-0.4, -0.2) is 41.8 Å². The Kier molecular flexibility index (Phi) is 6.84. The first kappa shape index (κ1) is 21.0. The molecule has 2 aromatic rings. The van der Waals surface area contributed by atoms with E-state index < -0.39 is 4.92 Å². The van der Waals surface area contributed by atoms with Gasteiger partial charge in [0.2, 0.25) is 11.8 Å². The van der Waals surface area contributed by atoms with Crippen LogP contribution in [0.5, 0.6) is 0 Å². The Morgan fingerprint density at radius 2 is 1.50 bits per heavy atom. The summed E-state index contributed by atoms with van der Waals surface area (Å²) in [5, 5.41) is 16.5. The number of carbonyl (C=O) groups is 2. The molecule has 0 aliphatic carbocycles. The number of benzene rings is 2. The van der Waals surface area contributed by atoms with Crippen molar-refractivity contribution in [2.24, 2.45) is 0 Å². The fraction of sp³-hybridized carbons (Fsp3) is 0.300. The van der Waals surface area contributed by atoms with Crippen molar-refractivity contribution in [3.05, 3.63) is 63.2 Å². The van der Waals surface area contributed by atoms with Gasteiger partial charge in [0, 0.05) is 11.8 Å². The summed E-state index contributed by atoms with van der Waals surface area (Å²) in [6.45, 7) is 5.43. The lowest BCUT2D eigenvalue weighted by Gasteiger charge is -2.18. The van der Waals surface area contributed by atoms with Crippen molar-refractivity contribution in [3.8, 4) is 0 Å². The van der Waals surface area contributed by atoms with Gasteiger partial charge in [-0.15, -0.1) is 0 Å². The van der Waals surface area contributed by atoms with Crippen molar-refractivity contribution >= 4 is 28.9 Å². The van der Waals surface area contributed by atoms with E-state index in [0.29, 0.717) is 11.3 Å². The van der Waals surface area contributed by atoms with Crippen LogP contribution in [0.4, 0.5) is 17.1 Å². The summed E-state index contributed by atoms with van der Waals surface area (Å²) in [4.78, 5) is 36.6. The van der Waals surface area contributed by atoms with Gasteiger partial charge in [-0.1, -0.05) is 24.3 Å². The molecule has 0 aliphatic rings. The van der Waals surface area contributed by atoms with Gasteiger partial charge in [-0.2, -0.15) is 0 Å². The maximum atomic E-state index is 12.3. The Hall–Kier alpha value is -3.26. The minimum absolute atomic E-state index is 0.0255. The molecule has 0 heterocycles. The van der Waals surface area contributed by atoms with Crippen molar-refractivity contribution in [1.29, 1.82) is 0 Å². The molecule has 8 nitrogen and oxygen atoms in total. The number of hydrogen-bond acceptors (Lipinski definition) is 5. The van der Waals surface area contributed by atoms with E-state index in [9.17, 15) is 19.7 Å². The highest BCUT2D eigenvalue weighted by Crippen LogP contribution is 2.25. The molecule has 2 aromatic carbocycles. The maximum Gasteiger partial charge on any atom is 0.274 e. The second-order valence-electron chi connectivity index (χ2n) is 6.74. The molecule has 0 unspecified atom stereocenters. The van der Waals surface area contributed by atoms with Gasteiger partial charge in [0.05, 0.1) is 29.3 Å². The molecular weight excluding hydrogens is 360 g/mol. The van der Waals surface area contributed by atoms with Gasteiger partial charge in [-0.25, -0.2) is 0 Å². The molecule has 0 fully saturated rings. The molecule has 0 aliphatic heterocycles. The van der Waals surface area contributed by atoms with Crippen LogP contribution in [-0.2, 0) is 9.59 Å². The number of carbonyl (C=O) groups excluding carboxylic acids is 2. The van der Waals surface area contributed by atoms with E-state index >= 15 is 0 Å². The lowest BCUT2D eigenvalue weighted by Crippen LogP contribution is -2.36. The zero-order valence-corrected chi connectivity index (χ0v) is 16.4. The first-order valence-corrected chi connectivity index (χ1v) is 8.77. The SMILES string of the molecule is Cc1cccc(C)c1NC(=O)CN(C)CC(=O)Nc1cccc([N+](=O)[O-])c1C. The molecule has 148 valence electrons. The molecule has 2 rings (SSSR count). The number of nitro groups is 1. The average molecular weight is 384 g/mol. The van der Waals surface area contributed by atoms with Crippen LogP contribution >= 0.6 is 0 Å². The summed E-state index contributed by atoms with van der Waals surface area (Å²) in [6.07, 6.45) is 0. The monoisotopic (exact) mass is 384 g/mol. The second kappa shape index (κ2) is 9.09. The van der Waals surface area contributed by atoms with Crippen molar-refractivity contribution in [1.82, 2.24) is 4.90 Å². The van der Waals surface area contributed by atoms with E-state index in [-0.39, 0.29) is 30.6 Å². The van der Waals surface area contributed by atoms with Crippen LogP contribution in [0.2, 0.25) is 0 Å². The highest BCUT2D eigenvalue weighted by Gasteiger charge is 2.16. The Labute approximate surface area is 163 Å². The number of aryl methyl sites for hydroxylation is 2. The van der Waals surface area contributed by atoms with Gasteiger partial charge in [0.25, 0.3) is 5.69 Å². The third-order valence-corrected chi connectivity index (χ3v) is 4.35. The Morgan fingerprint density at radius 1 is 0.964 bits per heavy atom. The fourth-order valence-electron chi connectivity index (χ4n) is 2.88. The smallest absolute Gasteiger partial charge is 0.274 e. The average Bonchev–Trinajstić information content (AvgIpc) is 2.59. The molecule has 2 N–H and O–H groups in total. The standard InChI is InChI=1S/C20H24N4O4/c1-13-7-5-8-14(2)20(13)22-19(26)12-23(4)11-18(25)21-16-9-6-10-17(15(16)3)24(27)28/h5-10H,11-12H2,1-4H3,(H,21,25)(H,22,26). The summed E-state index contributed by atoms with van der Waals surface area (Å²) < 4.78 is 0. The topological polar surface area (TPSA) is 105 Å². The van der Waals surface area contributed by atoms with Crippen LogP contribution in [0.15, 0.2) is 36.4 Å². The van der Waals surface area contributed by atoms with Crippen molar-refractivity contribution in [2.75, 3.05) is 30.8 Å². The Morgan fingerprint density at radius 3 is 2.07 bits per heavy atom. The molecule has 2 amide bonds. The van der Waals surface area contributed by atoms with Gasteiger partial charge < -0.3 is 10.6 Å². The van der Waals surface area contributed by atoms with Gasteiger partial charge in [0.15, 0.2) is 0 Å². The van der Waals surface area contributed by atoms with Gasteiger partial charge in [0.1, 0.15) is 0 Å². The molecule has 0 saturated carbocycles. The first-order chi connectivity index (χ1) is 13.2. The lowest BCUT2D eigenvalue weighted by molar-refractivity contribution is -0.385. The van der Waals surface area contributed by atoms with Crippen LogP contribution < -0.4 is 10.6 Å². The predicted octanol–water partition coefficient (Wildman–Crippen LogP) is 3.03. The Bertz CT molecular complexity index is 891. The lowest BCUT2D eigenvalue weighted by atomic mass is 10.1. The molecule has 0 spiro atoms. The van der Waals surface area contributed by atoms with Crippen LogP contribution in [0.1, 0.15) is 16.7 Å². The third-order valence-electron chi connectivity index (χ3n) is 4.35. The normalized spacial score (nSPS) is 10.6. The van der Waals surface area contributed by atoms with E-state index in [1.165, 1.54) is 12.1 Å². The number of anilines is 2. The number of hydrogen-bond donors (Lipinski definition) is 2. The molecule has 0 aromatic heterocycles. The van der Waals surface area contributed by atoms with E-state index in [1.807, 2.05) is 32.0 Å². The number of likely N-dealkylation sites (N-methyl/N-ethyl adjacent to an activating group) is 1. The molecular formula is C20H24N4O4. The van der Waals surface area contributed by atoms with Crippen LogP contribution in [0.25, 0.3) is 0 Å². The molecule has 0 atom stereocenters. The summed E-state index contributed by atoms with van der Waals surface area (Å²) in [5.74, 6) is -0.579. The molecule has 0 saturated heterocycles. The third kappa shape index (κ3) is 5.37. The maximum absolute atomic E-state index is 12.3. The largest absolute Gasteiger partial charge is 0.324 e. The number of para-hydroxylation sites is 1. The first-order valence-electron chi connectivity index (χ1n) is 8.77. The predicted molar refractivity (Wildman–Crippen MR) is 109 cm³/mol. The van der Waals surface area contributed by atoms with E-state index in [0.717, 1.165) is 16.8 Å². The molecule has 0 bridgehead atoms. The highest BCUT2D eigenvalue weighted by atomic mass is 16.6. The quantitative estimate of drug-likeness (QED) is 0.564. The summed E-state index contributed by atoms with van der Waals surface area (Å²) in [7, 11) is 1.66. The zero-order valence-electron chi connectivity index (χ0n) is 16.4. The minimum Gasteiger partial charge on any atom is -0.324 e.